The number of esters is 1. The fourth-order valence-corrected chi connectivity index (χ4v) is 1.70. The molecule has 6 heteroatoms. The molecule has 2 heterocycles. The second kappa shape index (κ2) is 4.22. The van der Waals surface area contributed by atoms with Gasteiger partial charge in [-0.25, -0.2) is 9.78 Å². The van der Waals surface area contributed by atoms with Gasteiger partial charge in [-0.05, 0) is 6.92 Å². The zero-order valence-electron chi connectivity index (χ0n) is 8.06. The van der Waals surface area contributed by atoms with Crippen LogP contribution in [0.25, 0.3) is 10.7 Å². The first-order valence-electron chi connectivity index (χ1n) is 4.43. The van der Waals surface area contributed by atoms with E-state index in [9.17, 15) is 4.79 Å². The van der Waals surface area contributed by atoms with Gasteiger partial charge in [0.1, 0.15) is 5.01 Å². The van der Waals surface area contributed by atoms with Crippen LogP contribution in [0.1, 0.15) is 17.4 Å². The molecule has 5 nitrogen and oxygen atoms in total. The van der Waals surface area contributed by atoms with Gasteiger partial charge in [-0.3, -0.25) is 5.10 Å². The second-order valence-corrected chi connectivity index (χ2v) is 3.62. The highest BCUT2D eigenvalue weighted by Crippen LogP contribution is 2.19. The van der Waals surface area contributed by atoms with Crippen LogP contribution in [0.2, 0.25) is 0 Å². The van der Waals surface area contributed by atoms with E-state index in [0.29, 0.717) is 6.61 Å². The normalized spacial score (nSPS) is 10.2. The molecule has 0 aliphatic carbocycles. The molecule has 2 rings (SSSR count). The van der Waals surface area contributed by atoms with Gasteiger partial charge in [-0.2, -0.15) is 5.10 Å². The van der Waals surface area contributed by atoms with E-state index in [4.69, 9.17) is 4.74 Å². The maximum atomic E-state index is 11.3. The summed E-state index contributed by atoms with van der Waals surface area (Å²) in [6.45, 7) is 2.10. The number of aromatic amines is 1. The van der Waals surface area contributed by atoms with E-state index in [1.54, 1.807) is 19.2 Å². The molecule has 0 aliphatic rings. The smallest absolute Gasteiger partial charge is 0.358 e. The topological polar surface area (TPSA) is 67.9 Å². The van der Waals surface area contributed by atoms with E-state index in [1.807, 2.05) is 5.38 Å². The van der Waals surface area contributed by atoms with Gasteiger partial charge in [0.2, 0.25) is 0 Å². The summed E-state index contributed by atoms with van der Waals surface area (Å²) in [4.78, 5) is 15.4. The zero-order valence-corrected chi connectivity index (χ0v) is 8.87. The van der Waals surface area contributed by atoms with Gasteiger partial charge in [-0.15, -0.1) is 11.3 Å². The van der Waals surface area contributed by atoms with Crippen molar-refractivity contribution >= 4 is 17.3 Å². The zero-order chi connectivity index (χ0) is 10.7. The van der Waals surface area contributed by atoms with E-state index in [-0.39, 0.29) is 5.69 Å². The molecule has 78 valence electrons. The maximum Gasteiger partial charge on any atom is 0.358 e. The second-order valence-electron chi connectivity index (χ2n) is 2.72. The number of nitrogens with one attached hydrogen (secondary N) is 1. The molecule has 0 atom stereocenters. The number of carbonyl (C=O) groups is 1. The molecule has 0 amide bonds. The molecule has 0 aliphatic heterocycles. The minimum absolute atomic E-state index is 0.280. The average Bonchev–Trinajstić information content (AvgIpc) is 2.89. The first-order chi connectivity index (χ1) is 7.31. The average molecular weight is 223 g/mol. The van der Waals surface area contributed by atoms with E-state index < -0.39 is 5.97 Å². The molecule has 0 saturated carbocycles. The fraction of sp³-hybridized carbons (Fsp3) is 0.222. The number of nitrogens with zero attached hydrogens (tertiary/aromatic N) is 2. The van der Waals surface area contributed by atoms with Gasteiger partial charge in [0.25, 0.3) is 0 Å². The van der Waals surface area contributed by atoms with E-state index >= 15 is 0 Å². The van der Waals surface area contributed by atoms with Gasteiger partial charge in [0.15, 0.2) is 5.69 Å². The predicted molar refractivity (Wildman–Crippen MR) is 55.7 cm³/mol. The molecule has 15 heavy (non-hydrogen) atoms. The Bertz CT molecular complexity index is 450. The number of H-pyrrole nitrogens is 1. The van der Waals surface area contributed by atoms with Crippen molar-refractivity contribution in [2.75, 3.05) is 6.61 Å². The summed E-state index contributed by atoms with van der Waals surface area (Å²) in [5.41, 5.74) is 1.01. The van der Waals surface area contributed by atoms with Crippen molar-refractivity contribution in [1.82, 2.24) is 15.2 Å². The molecular weight excluding hydrogens is 214 g/mol. The van der Waals surface area contributed by atoms with Crippen molar-refractivity contribution < 1.29 is 9.53 Å². The molecular formula is C9H9N3O2S. The van der Waals surface area contributed by atoms with Gasteiger partial charge >= 0.3 is 5.97 Å². The highest BCUT2D eigenvalue weighted by atomic mass is 32.1. The Morgan fingerprint density at radius 3 is 3.20 bits per heavy atom. The Morgan fingerprint density at radius 1 is 1.67 bits per heavy atom. The Morgan fingerprint density at radius 2 is 2.53 bits per heavy atom. The molecule has 2 aromatic heterocycles. The quantitative estimate of drug-likeness (QED) is 0.804. The molecule has 0 bridgehead atoms. The van der Waals surface area contributed by atoms with Crippen molar-refractivity contribution in [2.45, 2.75) is 6.92 Å². The third kappa shape index (κ3) is 2.04. The molecule has 0 fully saturated rings. The van der Waals surface area contributed by atoms with Crippen LogP contribution in [0, 0.1) is 0 Å². The lowest BCUT2D eigenvalue weighted by Crippen LogP contribution is -2.04. The number of thiazole rings is 1. The highest BCUT2D eigenvalue weighted by molar-refractivity contribution is 7.13. The van der Waals surface area contributed by atoms with Crippen LogP contribution < -0.4 is 0 Å². The Hall–Kier alpha value is -1.69. The van der Waals surface area contributed by atoms with Crippen LogP contribution >= 0.6 is 11.3 Å². The molecule has 1 N–H and O–H groups in total. The third-order valence-corrected chi connectivity index (χ3v) is 2.53. The summed E-state index contributed by atoms with van der Waals surface area (Å²) in [5.74, 6) is -0.420. The lowest BCUT2D eigenvalue weighted by molar-refractivity contribution is 0.0519. The summed E-state index contributed by atoms with van der Waals surface area (Å²) in [5, 5.41) is 9.27. The highest BCUT2D eigenvalue weighted by Gasteiger charge is 2.12. The van der Waals surface area contributed by atoms with Crippen molar-refractivity contribution in [3.8, 4) is 10.7 Å². The monoisotopic (exact) mass is 223 g/mol. The van der Waals surface area contributed by atoms with Crippen molar-refractivity contribution in [1.29, 1.82) is 0 Å². The van der Waals surface area contributed by atoms with Gasteiger partial charge in [0, 0.05) is 17.6 Å². The summed E-state index contributed by atoms with van der Waals surface area (Å²) >= 11 is 1.48. The number of hydrogen-bond acceptors (Lipinski definition) is 5. The van der Waals surface area contributed by atoms with Crippen LogP contribution in [0.3, 0.4) is 0 Å². The van der Waals surface area contributed by atoms with Crippen LogP contribution in [-0.4, -0.2) is 27.8 Å². The summed E-state index contributed by atoms with van der Waals surface area (Å²) in [6.07, 6.45) is 1.70. The van der Waals surface area contributed by atoms with Crippen LogP contribution in [0.5, 0.6) is 0 Å². The molecule has 0 spiro atoms. The van der Waals surface area contributed by atoms with E-state index in [0.717, 1.165) is 10.7 Å². The molecule has 0 unspecified atom stereocenters. The van der Waals surface area contributed by atoms with Crippen LogP contribution in [-0.2, 0) is 4.74 Å². The number of ether oxygens (including phenoxy) is 1. The fourth-order valence-electron chi connectivity index (χ4n) is 1.10. The summed E-state index contributed by atoms with van der Waals surface area (Å²) in [7, 11) is 0. The number of hydrogen-bond donors (Lipinski definition) is 1. The molecule has 0 saturated heterocycles. The van der Waals surface area contributed by atoms with Crippen LogP contribution in [0.15, 0.2) is 17.6 Å². The molecule has 2 aromatic rings. The summed E-state index contributed by atoms with van der Waals surface area (Å²) < 4.78 is 4.82. The molecule has 0 radical (unpaired) electrons. The van der Waals surface area contributed by atoms with Crippen molar-refractivity contribution in [3.05, 3.63) is 23.3 Å². The standard InChI is InChI=1S/C9H9N3O2S/c1-2-14-9(13)7-5-6(11-12-7)8-10-3-4-15-8/h3-5H,2H2,1H3,(H,11,12). The molecule has 0 aromatic carbocycles. The Balaban J connectivity index is 2.21. The van der Waals surface area contributed by atoms with Crippen molar-refractivity contribution in [3.63, 3.8) is 0 Å². The first kappa shape index (κ1) is 9.85. The SMILES string of the molecule is CCOC(=O)c1cc(-c2nccs2)[nH]n1. The number of aromatic nitrogens is 3. The minimum atomic E-state index is -0.420. The third-order valence-electron chi connectivity index (χ3n) is 1.73. The Kier molecular flexibility index (Phi) is 2.77. The van der Waals surface area contributed by atoms with E-state index in [1.165, 1.54) is 11.3 Å². The lowest BCUT2D eigenvalue weighted by atomic mass is 10.3. The first-order valence-corrected chi connectivity index (χ1v) is 5.31. The summed E-state index contributed by atoms with van der Waals surface area (Å²) in [6, 6.07) is 1.64. The predicted octanol–water partition coefficient (Wildman–Crippen LogP) is 1.71. The maximum absolute atomic E-state index is 11.3. The van der Waals surface area contributed by atoms with Crippen LogP contribution in [0.4, 0.5) is 0 Å². The number of rotatable bonds is 3. The van der Waals surface area contributed by atoms with E-state index in [2.05, 4.69) is 15.2 Å². The van der Waals surface area contributed by atoms with Gasteiger partial charge in [0.05, 0.1) is 12.3 Å². The van der Waals surface area contributed by atoms with Gasteiger partial charge in [-0.1, -0.05) is 0 Å². The number of carbonyl (C=O) groups excluding carboxylic acids is 1. The minimum Gasteiger partial charge on any atom is -0.461 e. The largest absolute Gasteiger partial charge is 0.461 e. The van der Waals surface area contributed by atoms with Gasteiger partial charge < -0.3 is 4.74 Å². The van der Waals surface area contributed by atoms with Crippen molar-refractivity contribution in [2.24, 2.45) is 0 Å². The Labute approximate surface area is 90.1 Å². The lowest BCUT2D eigenvalue weighted by Gasteiger charge is -1.94.